The molecule has 2 N–H and O–H groups in total. The number of aromatic nitrogens is 2. The third kappa shape index (κ3) is 4.51. The molecule has 1 aliphatic heterocycles. The van der Waals surface area contributed by atoms with Gasteiger partial charge < -0.3 is 14.6 Å². The number of hydrogen-bond acceptors (Lipinski definition) is 6. The fourth-order valence-corrected chi connectivity index (χ4v) is 5.42. The highest BCUT2D eigenvalue weighted by Crippen LogP contribution is 2.38. The van der Waals surface area contributed by atoms with Gasteiger partial charge in [-0.1, -0.05) is 23.2 Å². The van der Waals surface area contributed by atoms with E-state index < -0.39 is 16.0 Å². The minimum absolute atomic E-state index is 0.0177. The zero-order chi connectivity index (χ0) is 23.9. The Morgan fingerprint density at radius 1 is 1.18 bits per heavy atom. The molecule has 2 heterocycles. The van der Waals surface area contributed by atoms with Crippen LogP contribution in [0, 0.1) is 5.82 Å². The first-order valence-electron chi connectivity index (χ1n) is 9.82. The molecular formula is C20H20Cl2FN5O4S. The van der Waals surface area contributed by atoms with Crippen LogP contribution in [0.3, 0.4) is 0 Å². The van der Waals surface area contributed by atoms with Crippen LogP contribution in [-0.4, -0.2) is 48.6 Å². The topological polar surface area (TPSA) is 106 Å². The Balaban J connectivity index is 1.68. The molecule has 0 amide bonds. The van der Waals surface area contributed by atoms with Crippen molar-refractivity contribution in [2.75, 3.05) is 30.2 Å². The molecule has 0 saturated carbocycles. The average Bonchev–Trinajstić information content (AvgIpc) is 3.27. The van der Waals surface area contributed by atoms with Crippen molar-refractivity contribution in [1.29, 1.82) is 0 Å². The lowest BCUT2D eigenvalue weighted by Gasteiger charge is -2.20. The Bertz CT molecular complexity index is 1400. The van der Waals surface area contributed by atoms with E-state index in [1.807, 2.05) is 0 Å². The number of anilines is 3. The second-order valence-electron chi connectivity index (χ2n) is 7.50. The number of aryl methyl sites for hydroxylation is 1. The molecule has 2 aromatic carbocycles. The van der Waals surface area contributed by atoms with Gasteiger partial charge in [0.15, 0.2) is 0 Å². The van der Waals surface area contributed by atoms with Gasteiger partial charge in [-0.3, -0.25) is 9.52 Å². The lowest BCUT2D eigenvalue weighted by molar-refractivity contribution is 0.115. The first-order chi connectivity index (χ1) is 15.6. The van der Waals surface area contributed by atoms with Crippen molar-refractivity contribution in [3.05, 3.63) is 56.8 Å². The van der Waals surface area contributed by atoms with E-state index in [9.17, 15) is 17.6 Å². The third-order valence-corrected chi connectivity index (χ3v) is 7.67. The van der Waals surface area contributed by atoms with Crippen LogP contribution in [0.1, 0.15) is 6.42 Å². The lowest BCUT2D eigenvalue weighted by Crippen LogP contribution is -2.35. The van der Waals surface area contributed by atoms with Gasteiger partial charge in [0.05, 0.1) is 50.4 Å². The molecule has 33 heavy (non-hydrogen) atoms. The van der Waals surface area contributed by atoms with Crippen molar-refractivity contribution in [3.63, 3.8) is 0 Å². The van der Waals surface area contributed by atoms with Gasteiger partial charge in [-0.15, -0.1) is 0 Å². The summed E-state index contributed by atoms with van der Waals surface area (Å²) in [6.45, 7) is 0.485. The number of halogens is 3. The van der Waals surface area contributed by atoms with Crippen molar-refractivity contribution < 1.29 is 17.5 Å². The smallest absolute Gasteiger partial charge is 0.301 e. The Morgan fingerprint density at radius 2 is 1.91 bits per heavy atom. The van der Waals surface area contributed by atoms with Crippen LogP contribution in [0.2, 0.25) is 10.0 Å². The minimum Gasteiger partial charge on any atom is -0.380 e. The summed E-state index contributed by atoms with van der Waals surface area (Å²) in [6.07, 6.45) is 1.74. The molecule has 1 unspecified atom stereocenters. The number of ether oxygens (including phenoxy) is 1. The molecule has 0 spiro atoms. The van der Waals surface area contributed by atoms with Gasteiger partial charge in [0.2, 0.25) is 0 Å². The third-order valence-electron chi connectivity index (χ3n) is 5.39. The van der Waals surface area contributed by atoms with Gasteiger partial charge in [0.1, 0.15) is 5.82 Å². The maximum Gasteiger partial charge on any atom is 0.301 e. The summed E-state index contributed by atoms with van der Waals surface area (Å²) < 4.78 is 50.3. The highest BCUT2D eigenvalue weighted by Gasteiger charge is 2.32. The van der Waals surface area contributed by atoms with Gasteiger partial charge in [0.25, 0.3) is 5.56 Å². The SMILES string of the molecule is COC1CCN(S(=O)(=O)Nc2ccc(F)c(Nc3ccc4ncn(C)c(=O)c4c3Cl)c2Cl)C1. The number of hydrogen-bond donors (Lipinski definition) is 2. The summed E-state index contributed by atoms with van der Waals surface area (Å²) in [7, 11) is -0.883. The standard InChI is InChI=1S/C20H20Cl2FN5O4S/c1-27-10-24-13-5-6-14(17(21)16(13)20(27)29)25-19-12(23)3-4-15(18(19)22)26-33(30,31)28-8-7-11(9-28)32-2/h3-6,10-11,25-26H,7-9H2,1-2H3. The molecule has 1 saturated heterocycles. The lowest BCUT2D eigenvalue weighted by atomic mass is 10.2. The molecule has 176 valence electrons. The minimum atomic E-state index is -3.94. The molecule has 4 rings (SSSR count). The average molecular weight is 516 g/mol. The van der Waals surface area contributed by atoms with Gasteiger partial charge in [-0.2, -0.15) is 12.7 Å². The summed E-state index contributed by atoms with van der Waals surface area (Å²) in [5.41, 5.74) is -0.00749. The number of fused-ring (bicyclic) bond motifs is 1. The van der Waals surface area contributed by atoms with Crippen molar-refractivity contribution in [1.82, 2.24) is 13.9 Å². The maximum atomic E-state index is 14.7. The predicted molar refractivity (Wildman–Crippen MR) is 126 cm³/mol. The summed E-state index contributed by atoms with van der Waals surface area (Å²) in [5, 5.41) is 2.77. The largest absolute Gasteiger partial charge is 0.380 e. The summed E-state index contributed by atoms with van der Waals surface area (Å²) in [5.74, 6) is -0.737. The van der Waals surface area contributed by atoms with Gasteiger partial charge in [-0.05, 0) is 30.7 Å². The van der Waals surface area contributed by atoms with Gasteiger partial charge >= 0.3 is 10.2 Å². The van der Waals surface area contributed by atoms with E-state index in [1.54, 1.807) is 6.07 Å². The van der Waals surface area contributed by atoms with Gasteiger partial charge in [0, 0.05) is 27.2 Å². The van der Waals surface area contributed by atoms with Crippen LogP contribution in [0.15, 0.2) is 35.4 Å². The van der Waals surface area contributed by atoms with Crippen LogP contribution < -0.4 is 15.6 Å². The zero-order valence-electron chi connectivity index (χ0n) is 17.6. The molecule has 0 aliphatic carbocycles. The fourth-order valence-electron chi connectivity index (χ4n) is 3.54. The van der Waals surface area contributed by atoms with Crippen LogP contribution in [0.5, 0.6) is 0 Å². The Kier molecular flexibility index (Phi) is 6.52. The van der Waals surface area contributed by atoms with Crippen LogP contribution in [-0.2, 0) is 22.0 Å². The first kappa shape index (κ1) is 23.7. The number of nitrogens with one attached hydrogen (secondary N) is 2. The van der Waals surface area contributed by atoms with Crippen molar-refractivity contribution in [2.45, 2.75) is 12.5 Å². The Labute approximate surface area is 199 Å². The first-order valence-corrected chi connectivity index (χ1v) is 12.0. The molecular weight excluding hydrogens is 496 g/mol. The fraction of sp³-hybridized carbons (Fsp3) is 0.300. The number of benzene rings is 2. The van der Waals surface area contributed by atoms with E-state index in [4.69, 9.17) is 27.9 Å². The van der Waals surface area contributed by atoms with Crippen molar-refractivity contribution in [3.8, 4) is 0 Å². The molecule has 0 radical (unpaired) electrons. The molecule has 1 fully saturated rings. The molecule has 1 atom stereocenters. The molecule has 13 heteroatoms. The van der Waals surface area contributed by atoms with E-state index in [-0.39, 0.29) is 57.2 Å². The monoisotopic (exact) mass is 515 g/mol. The Hall–Kier alpha value is -2.44. The molecule has 3 aromatic rings. The Morgan fingerprint density at radius 3 is 2.61 bits per heavy atom. The zero-order valence-corrected chi connectivity index (χ0v) is 19.9. The quantitative estimate of drug-likeness (QED) is 0.520. The van der Waals surface area contributed by atoms with Crippen LogP contribution in [0.4, 0.5) is 21.5 Å². The second-order valence-corrected chi connectivity index (χ2v) is 9.93. The second kappa shape index (κ2) is 9.07. The van der Waals surface area contributed by atoms with E-state index in [2.05, 4.69) is 15.0 Å². The molecule has 9 nitrogen and oxygen atoms in total. The number of methoxy groups -OCH3 is 1. The summed E-state index contributed by atoms with van der Waals surface area (Å²) in [4.78, 5) is 16.6. The van der Waals surface area contributed by atoms with Crippen molar-refractivity contribution in [2.24, 2.45) is 7.05 Å². The van der Waals surface area contributed by atoms with E-state index in [1.165, 1.54) is 41.5 Å². The van der Waals surface area contributed by atoms with Crippen LogP contribution in [0.25, 0.3) is 10.9 Å². The number of nitrogens with zero attached hydrogens (tertiary/aromatic N) is 3. The van der Waals surface area contributed by atoms with Crippen LogP contribution >= 0.6 is 23.2 Å². The molecule has 0 bridgehead atoms. The normalized spacial score (nSPS) is 16.9. The van der Waals surface area contributed by atoms with E-state index in [0.717, 1.165) is 6.07 Å². The highest BCUT2D eigenvalue weighted by molar-refractivity contribution is 7.90. The predicted octanol–water partition coefficient (Wildman–Crippen LogP) is 3.50. The molecule has 1 aromatic heterocycles. The molecule has 1 aliphatic rings. The van der Waals surface area contributed by atoms with E-state index >= 15 is 0 Å². The van der Waals surface area contributed by atoms with Gasteiger partial charge in [-0.25, -0.2) is 9.37 Å². The summed E-state index contributed by atoms with van der Waals surface area (Å²) in [6, 6.07) is 5.39. The summed E-state index contributed by atoms with van der Waals surface area (Å²) >= 11 is 12.8. The highest BCUT2D eigenvalue weighted by atomic mass is 35.5. The van der Waals surface area contributed by atoms with Crippen molar-refractivity contribution >= 4 is 61.4 Å². The van der Waals surface area contributed by atoms with E-state index in [0.29, 0.717) is 11.9 Å². The maximum absolute atomic E-state index is 14.7. The number of rotatable bonds is 6.